The molecule has 1 N–H and O–H groups in total. The van der Waals surface area contributed by atoms with Gasteiger partial charge in [-0.05, 0) is 25.1 Å². The molecule has 0 saturated heterocycles. The van der Waals surface area contributed by atoms with Crippen LogP contribution < -0.4 is 4.74 Å². The molecule has 0 bridgehead atoms. The van der Waals surface area contributed by atoms with E-state index in [0.29, 0.717) is 29.9 Å². The monoisotopic (exact) mass is 262 g/mol. The smallest absolute Gasteiger partial charge is 0.336 e. The topological polar surface area (TPSA) is 72.8 Å². The van der Waals surface area contributed by atoms with Gasteiger partial charge in [0.2, 0.25) is 0 Å². The Balaban J connectivity index is 2.48. The Morgan fingerprint density at radius 3 is 2.89 bits per heavy atom. The van der Waals surface area contributed by atoms with Crippen LogP contribution in [0.4, 0.5) is 0 Å². The highest BCUT2D eigenvalue weighted by Gasteiger charge is 2.20. The molecule has 2 rings (SSSR count). The highest BCUT2D eigenvalue weighted by atomic mass is 16.5. The van der Waals surface area contributed by atoms with Crippen LogP contribution in [0.1, 0.15) is 29.3 Å². The average Bonchev–Trinajstić information content (AvgIpc) is 2.60. The van der Waals surface area contributed by atoms with E-state index in [1.807, 2.05) is 0 Å². The van der Waals surface area contributed by atoms with Gasteiger partial charge in [-0.1, -0.05) is 6.07 Å². The third-order valence-electron chi connectivity index (χ3n) is 2.78. The lowest BCUT2D eigenvalue weighted by molar-refractivity contribution is -0.138. The Morgan fingerprint density at radius 1 is 1.42 bits per heavy atom. The van der Waals surface area contributed by atoms with E-state index in [2.05, 4.69) is 0 Å². The number of ether oxygens (including phenoxy) is 2. The molecule has 1 heterocycles. The predicted molar refractivity (Wildman–Crippen MR) is 68.1 cm³/mol. The summed E-state index contributed by atoms with van der Waals surface area (Å²) < 4.78 is 10.4. The van der Waals surface area contributed by atoms with Gasteiger partial charge < -0.3 is 14.6 Å². The Morgan fingerprint density at radius 2 is 2.21 bits per heavy atom. The molecule has 0 unspecified atom stereocenters. The van der Waals surface area contributed by atoms with Crippen LogP contribution in [0.5, 0.6) is 5.75 Å². The van der Waals surface area contributed by atoms with Crippen LogP contribution >= 0.6 is 0 Å². The van der Waals surface area contributed by atoms with Crippen molar-refractivity contribution in [3.8, 4) is 5.75 Å². The molecule has 19 heavy (non-hydrogen) atoms. The number of carbonyl (C=O) groups is 2. The summed E-state index contributed by atoms with van der Waals surface area (Å²) in [5, 5.41) is 9.16. The lowest BCUT2D eigenvalue weighted by Crippen LogP contribution is -2.09. The van der Waals surface area contributed by atoms with E-state index in [0.717, 1.165) is 0 Å². The van der Waals surface area contributed by atoms with E-state index >= 15 is 0 Å². The van der Waals surface area contributed by atoms with Crippen LogP contribution in [0.15, 0.2) is 23.8 Å². The first-order chi connectivity index (χ1) is 9.13. The fraction of sp³-hybridized carbons (Fsp3) is 0.286. The zero-order valence-electron chi connectivity index (χ0n) is 10.5. The second kappa shape index (κ2) is 5.56. The summed E-state index contributed by atoms with van der Waals surface area (Å²) in [4.78, 5) is 22.9. The molecule has 100 valence electrons. The molecule has 5 heteroatoms. The minimum absolute atomic E-state index is 0.112. The summed E-state index contributed by atoms with van der Waals surface area (Å²) in [7, 11) is 0. The summed E-state index contributed by atoms with van der Waals surface area (Å²) in [5.41, 5.74) is 0.950. The maximum atomic E-state index is 11.7. The summed E-state index contributed by atoms with van der Waals surface area (Å²) in [5.74, 6) is -1.01. The van der Waals surface area contributed by atoms with Crippen molar-refractivity contribution in [2.45, 2.75) is 13.3 Å². The van der Waals surface area contributed by atoms with Crippen molar-refractivity contribution in [3.63, 3.8) is 0 Å². The number of benzene rings is 1. The Labute approximate surface area is 110 Å². The standard InChI is InChI=1S/C14H14O5/c1-2-18-14(17)9-6-7-19-12-5-3-4-10(13(15)16)11(12)8-9/h3-5,8H,2,6-7H2,1H3,(H,15,16). The van der Waals surface area contributed by atoms with E-state index in [1.54, 1.807) is 25.1 Å². The minimum Gasteiger partial charge on any atom is -0.493 e. The lowest BCUT2D eigenvalue weighted by atomic mass is 10.0. The molecule has 1 aromatic rings. The number of aromatic carboxylic acids is 1. The van der Waals surface area contributed by atoms with Gasteiger partial charge in [-0.25, -0.2) is 9.59 Å². The zero-order chi connectivity index (χ0) is 13.8. The highest BCUT2D eigenvalue weighted by Crippen LogP contribution is 2.29. The van der Waals surface area contributed by atoms with Crippen LogP contribution in [-0.4, -0.2) is 30.3 Å². The van der Waals surface area contributed by atoms with Crippen LogP contribution in [0, 0.1) is 0 Å². The van der Waals surface area contributed by atoms with Crippen LogP contribution in [0.2, 0.25) is 0 Å². The van der Waals surface area contributed by atoms with Gasteiger partial charge >= 0.3 is 11.9 Å². The zero-order valence-corrected chi connectivity index (χ0v) is 10.5. The second-order valence-corrected chi connectivity index (χ2v) is 4.01. The average molecular weight is 262 g/mol. The van der Waals surface area contributed by atoms with Gasteiger partial charge in [0, 0.05) is 17.6 Å². The molecule has 0 aliphatic carbocycles. The van der Waals surface area contributed by atoms with Crippen molar-refractivity contribution in [2.75, 3.05) is 13.2 Å². The number of carbonyl (C=O) groups excluding carboxylic acids is 1. The van der Waals surface area contributed by atoms with Crippen molar-refractivity contribution in [1.82, 2.24) is 0 Å². The van der Waals surface area contributed by atoms with E-state index in [1.165, 1.54) is 6.07 Å². The SMILES string of the molecule is CCOC(=O)C1=Cc2c(cccc2C(=O)O)OCC1. The van der Waals surface area contributed by atoms with Crippen LogP contribution in [0.3, 0.4) is 0 Å². The van der Waals surface area contributed by atoms with Crippen molar-refractivity contribution in [2.24, 2.45) is 0 Å². The number of esters is 1. The number of hydrogen-bond acceptors (Lipinski definition) is 4. The molecule has 1 aliphatic heterocycles. The maximum absolute atomic E-state index is 11.7. The largest absolute Gasteiger partial charge is 0.493 e. The summed E-state index contributed by atoms with van der Waals surface area (Å²) in [6.45, 7) is 2.33. The first-order valence-electron chi connectivity index (χ1n) is 6.00. The van der Waals surface area contributed by atoms with Gasteiger partial charge in [0.25, 0.3) is 0 Å². The van der Waals surface area contributed by atoms with Gasteiger partial charge in [-0.3, -0.25) is 0 Å². The van der Waals surface area contributed by atoms with Crippen LogP contribution in [-0.2, 0) is 9.53 Å². The molecular weight excluding hydrogens is 248 g/mol. The van der Waals surface area contributed by atoms with Crippen molar-refractivity contribution >= 4 is 18.0 Å². The summed E-state index contributed by atoms with van der Waals surface area (Å²) in [6, 6.07) is 4.78. The number of carboxylic acids is 1. The van der Waals surface area contributed by atoms with E-state index in [9.17, 15) is 9.59 Å². The fourth-order valence-corrected chi connectivity index (χ4v) is 1.91. The van der Waals surface area contributed by atoms with Crippen molar-refractivity contribution in [1.29, 1.82) is 0 Å². The Bertz CT molecular complexity index is 545. The fourth-order valence-electron chi connectivity index (χ4n) is 1.91. The molecule has 0 spiro atoms. The summed E-state index contributed by atoms with van der Waals surface area (Å²) in [6.07, 6.45) is 1.94. The van der Waals surface area contributed by atoms with E-state index in [4.69, 9.17) is 14.6 Å². The molecule has 0 atom stereocenters. The maximum Gasteiger partial charge on any atom is 0.336 e. The summed E-state index contributed by atoms with van der Waals surface area (Å²) >= 11 is 0. The molecule has 1 aliphatic rings. The Hall–Kier alpha value is -2.30. The first-order valence-corrected chi connectivity index (χ1v) is 6.00. The van der Waals surface area contributed by atoms with Gasteiger partial charge in [-0.15, -0.1) is 0 Å². The highest BCUT2D eigenvalue weighted by molar-refractivity contribution is 5.99. The third kappa shape index (κ3) is 2.76. The van der Waals surface area contributed by atoms with Crippen molar-refractivity contribution in [3.05, 3.63) is 34.9 Å². The third-order valence-corrected chi connectivity index (χ3v) is 2.78. The number of carboxylic acid groups (broad SMARTS) is 1. The quantitative estimate of drug-likeness (QED) is 0.844. The van der Waals surface area contributed by atoms with E-state index in [-0.39, 0.29) is 12.2 Å². The number of hydrogen-bond donors (Lipinski definition) is 1. The molecule has 0 amide bonds. The molecule has 1 aromatic carbocycles. The molecule has 5 nitrogen and oxygen atoms in total. The Kier molecular flexibility index (Phi) is 3.85. The minimum atomic E-state index is -1.05. The predicted octanol–water partition coefficient (Wildman–Crippen LogP) is 2.11. The van der Waals surface area contributed by atoms with Crippen LogP contribution in [0.25, 0.3) is 6.08 Å². The normalized spacial score (nSPS) is 13.6. The molecule has 0 fully saturated rings. The molecule has 0 saturated carbocycles. The van der Waals surface area contributed by atoms with Gasteiger partial charge in [0.05, 0.1) is 18.8 Å². The van der Waals surface area contributed by atoms with Gasteiger partial charge in [-0.2, -0.15) is 0 Å². The van der Waals surface area contributed by atoms with E-state index < -0.39 is 11.9 Å². The molecular formula is C14H14O5. The second-order valence-electron chi connectivity index (χ2n) is 4.01. The number of fused-ring (bicyclic) bond motifs is 1. The van der Waals surface area contributed by atoms with Crippen molar-refractivity contribution < 1.29 is 24.2 Å². The number of rotatable bonds is 3. The first kappa shape index (κ1) is 13.1. The molecule has 0 radical (unpaired) electrons. The van der Waals surface area contributed by atoms with Gasteiger partial charge in [0.1, 0.15) is 5.75 Å². The lowest BCUT2D eigenvalue weighted by Gasteiger charge is -2.07. The molecule has 0 aromatic heterocycles. The van der Waals surface area contributed by atoms with Gasteiger partial charge in [0.15, 0.2) is 0 Å².